The van der Waals surface area contributed by atoms with Crippen LogP contribution in [0.3, 0.4) is 0 Å². The maximum Gasteiger partial charge on any atom is 0.268 e. The summed E-state index contributed by atoms with van der Waals surface area (Å²) in [5.74, 6) is -0.187. The number of amides is 1. The second kappa shape index (κ2) is 5.88. The van der Waals surface area contributed by atoms with Gasteiger partial charge in [0.2, 0.25) is 5.91 Å². The SMILES string of the molecule is O=C(Cn1sc2ccccc2c1=O)NCc1cccnc1. The van der Waals surface area contributed by atoms with Crippen LogP contribution in [-0.4, -0.2) is 14.8 Å². The van der Waals surface area contributed by atoms with Crippen LogP contribution in [0.5, 0.6) is 0 Å². The Bertz CT molecular complexity index is 824. The monoisotopic (exact) mass is 299 g/mol. The number of aromatic nitrogens is 2. The Morgan fingerprint density at radius 3 is 2.86 bits per heavy atom. The average molecular weight is 299 g/mol. The number of benzene rings is 1. The molecular weight excluding hydrogens is 286 g/mol. The Morgan fingerprint density at radius 1 is 1.24 bits per heavy atom. The molecule has 0 aliphatic rings. The molecule has 0 spiro atoms. The summed E-state index contributed by atoms with van der Waals surface area (Å²) in [5, 5.41) is 3.44. The van der Waals surface area contributed by atoms with E-state index in [2.05, 4.69) is 10.3 Å². The van der Waals surface area contributed by atoms with Gasteiger partial charge in [-0.25, -0.2) is 0 Å². The first-order chi connectivity index (χ1) is 10.2. The van der Waals surface area contributed by atoms with Crippen molar-refractivity contribution in [1.29, 1.82) is 0 Å². The molecule has 3 rings (SSSR count). The van der Waals surface area contributed by atoms with Crippen molar-refractivity contribution in [2.45, 2.75) is 13.1 Å². The summed E-state index contributed by atoms with van der Waals surface area (Å²) in [6.45, 7) is 0.449. The van der Waals surface area contributed by atoms with E-state index in [4.69, 9.17) is 0 Å². The topological polar surface area (TPSA) is 64.0 Å². The Labute approximate surface area is 125 Å². The summed E-state index contributed by atoms with van der Waals surface area (Å²) in [7, 11) is 0. The van der Waals surface area contributed by atoms with Gasteiger partial charge in [-0.05, 0) is 23.8 Å². The van der Waals surface area contributed by atoms with Gasteiger partial charge in [0, 0.05) is 18.9 Å². The number of hydrogen-bond acceptors (Lipinski definition) is 4. The summed E-state index contributed by atoms with van der Waals surface area (Å²) in [6, 6.07) is 11.1. The molecule has 2 heterocycles. The average Bonchev–Trinajstić information content (AvgIpc) is 2.83. The van der Waals surface area contributed by atoms with Crippen LogP contribution >= 0.6 is 11.5 Å². The Morgan fingerprint density at radius 2 is 2.10 bits per heavy atom. The number of hydrogen-bond donors (Lipinski definition) is 1. The van der Waals surface area contributed by atoms with E-state index < -0.39 is 0 Å². The van der Waals surface area contributed by atoms with Gasteiger partial charge in [-0.1, -0.05) is 29.7 Å². The molecule has 0 atom stereocenters. The highest BCUT2D eigenvalue weighted by Crippen LogP contribution is 2.15. The Hall–Kier alpha value is -2.47. The molecule has 1 aromatic carbocycles. The summed E-state index contributed by atoms with van der Waals surface area (Å²) in [4.78, 5) is 28.0. The lowest BCUT2D eigenvalue weighted by Gasteiger charge is -2.04. The Kier molecular flexibility index (Phi) is 3.79. The highest BCUT2D eigenvalue weighted by Gasteiger charge is 2.10. The van der Waals surface area contributed by atoms with Gasteiger partial charge < -0.3 is 5.32 Å². The molecule has 0 aliphatic carbocycles. The fourth-order valence-corrected chi connectivity index (χ4v) is 3.00. The number of nitrogens with zero attached hydrogens (tertiary/aromatic N) is 2. The first kappa shape index (κ1) is 13.5. The zero-order valence-corrected chi connectivity index (χ0v) is 12.0. The zero-order valence-electron chi connectivity index (χ0n) is 11.2. The summed E-state index contributed by atoms with van der Waals surface area (Å²) in [6.07, 6.45) is 3.38. The van der Waals surface area contributed by atoms with Gasteiger partial charge in [0.15, 0.2) is 0 Å². The summed E-state index contributed by atoms with van der Waals surface area (Å²) < 4.78 is 2.37. The smallest absolute Gasteiger partial charge is 0.268 e. The molecule has 106 valence electrons. The van der Waals surface area contributed by atoms with Crippen LogP contribution in [0.25, 0.3) is 10.1 Å². The third-order valence-corrected chi connectivity index (χ3v) is 4.12. The fraction of sp³-hybridized carbons (Fsp3) is 0.133. The van der Waals surface area contributed by atoms with Crippen LogP contribution in [0.15, 0.2) is 53.6 Å². The molecule has 2 aromatic heterocycles. The predicted molar refractivity (Wildman–Crippen MR) is 82.2 cm³/mol. The van der Waals surface area contributed by atoms with Gasteiger partial charge >= 0.3 is 0 Å². The van der Waals surface area contributed by atoms with Gasteiger partial charge in [0.05, 0.1) is 10.1 Å². The molecule has 0 aliphatic heterocycles. The molecule has 5 nitrogen and oxygen atoms in total. The summed E-state index contributed by atoms with van der Waals surface area (Å²) >= 11 is 1.30. The standard InChI is InChI=1S/C15H13N3O2S/c19-14(17-9-11-4-3-7-16-8-11)10-18-15(20)12-5-1-2-6-13(12)21-18/h1-8H,9-10H2,(H,17,19). The van der Waals surface area contributed by atoms with E-state index in [1.165, 1.54) is 15.5 Å². The minimum absolute atomic E-state index is 0.0401. The second-order valence-corrected chi connectivity index (χ2v) is 5.63. The molecule has 0 fully saturated rings. The molecular formula is C15H13N3O2S. The quantitative estimate of drug-likeness (QED) is 0.798. The van der Waals surface area contributed by atoms with Crippen LogP contribution < -0.4 is 10.9 Å². The molecule has 0 saturated heterocycles. The molecule has 1 amide bonds. The van der Waals surface area contributed by atoms with Gasteiger partial charge in [-0.2, -0.15) is 0 Å². The first-order valence-corrected chi connectivity index (χ1v) is 7.26. The maximum absolute atomic E-state index is 12.1. The van der Waals surface area contributed by atoms with Gasteiger partial charge in [0.25, 0.3) is 5.56 Å². The van der Waals surface area contributed by atoms with E-state index >= 15 is 0 Å². The van der Waals surface area contributed by atoms with Crippen LogP contribution in [-0.2, 0) is 17.9 Å². The van der Waals surface area contributed by atoms with E-state index in [9.17, 15) is 9.59 Å². The fourth-order valence-electron chi connectivity index (χ4n) is 2.01. The third kappa shape index (κ3) is 3.00. The van der Waals surface area contributed by atoms with Crippen molar-refractivity contribution in [3.05, 3.63) is 64.7 Å². The van der Waals surface area contributed by atoms with Crippen molar-refractivity contribution in [3.63, 3.8) is 0 Å². The van der Waals surface area contributed by atoms with Crippen LogP contribution in [0.4, 0.5) is 0 Å². The zero-order chi connectivity index (χ0) is 14.7. The summed E-state index contributed by atoms with van der Waals surface area (Å²) in [5.41, 5.74) is 0.807. The van der Waals surface area contributed by atoms with E-state index in [-0.39, 0.29) is 18.0 Å². The van der Waals surface area contributed by atoms with Crippen LogP contribution in [0.2, 0.25) is 0 Å². The number of carbonyl (C=O) groups excluding carboxylic acids is 1. The van der Waals surface area contributed by atoms with Gasteiger partial charge in [-0.15, -0.1) is 0 Å². The van der Waals surface area contributed by atoms with E-state index in [1.807, 2.05) is 30.3 Å². The number of fused-ring (bicyclic) bond motifs is 1. The normalized spacial score (nSPS) is 10.7. The molecule has 0 bridgehead atoms. The third-order valence-electron chi connectivity index (χ3n) is 3.05. The van der Waals surface area contributed by atoms with Gasteiger partial charge in [-0.3, -0.25) is 18.5 Å². The second-order valence-electron chi connectivity index (χ2n) is 4.57. The molecule has 3 aromatic rings. The van der Waals surface area contributed by atoms with Crippen LogP contribution in [0.1, 0.15) is 5.56 Å². The van der Waals surface area contributed by atoms with Gasteiger partial charge in [0.1, 0.15) is 6.54 Å². The van der Waals surface area contributed by atoms with Crippen LogP contribution in [0, 0.1) is 0 Å². The molecule has 0 radical (unpaired) electrons. The molecule has 6 heteroatoms. The van der Waals surface area contributed by atoms with Crippen molar-refractivity contribution < 1.29 is 4.79 Å². The molecule has 1 N–H and O–H groups in total. The Balaban J connectivity index is 1.69. The lowest BCUT2D eigenvalue weighted by molar-refractivity contribution is -0.121. The molecule has 21 heavy (non-hydrogen) atoms. The predicted octanol–water partition coefficient (Wildman–Crippen LogP) is 1.77. The molecule has 0 unspecified atom stereocenters. The highest BCUT2D eigenvalue weighted by atomic mass is 32.1. The van der Waals surface area contributed by atoms with Crippen molar-refractivity contribution >= 4 is 27.5 Å². The van der Waals surface area contributed by atoms with Crippen molar-refractivity contribution in [2.24, 2.45) is 0 Å². The molecule has 0 saturated carbocycles. The number of rotatable bonds is 4. The van der Waals surface area contributed by atoms with E-state index in [0.717, 1.165) is 10.3 Å². The minimum atomic E-state index is -0.187. The van der Waals surface area contributed by atoms with Crippen molar-refractivity contribution in [3.8, 4) is 0 Å². The lowest BCUT2D eigenvalue weighted by Crippen LogP contribution is -2.29. The maximum atomic E-state index is 12.1. The largest absolute Gasteiger partial charge is 0.350 e. The van der Waals surface area contributed by atoms with Crippen molar-refractivity contribution in [1.82, 2.24) is 14.3 Å². The van der Waals surface area contributed by atoms with E-state index in [0.29, 0.717) is 11.9 Å². The minimum Gasteiger partial charge on any atom is -0.350 e. The number of nitrogens with one attached hydrogen (secondary N) is 1. The number of carbonyl (C=O) groups is 1. The number of pyridine rings is 1. The van der Waals surface area contributed by atoms with E-state index in [1.54, 1.807) is 18.5 Å². The highest BCUT2D eigenvalue weighted by molar-refractivity contribution is 7.13. The first-order valence-electron chi connectivity index (χ1n) is 6.48. The lowest BCUT2D eigenvalue weighted by atomic mass is 10.3. The van der Waals surface area contributed by atoms with Crippen molar-refractivity contribution in [2.75, 3.05) is 0 Å².